The first-order valence-electron chi connectivity index (χ1n) is 9.54. The van der Waals surface area contributed by atoms with Crippen molar-refractivity contribution < 1.29 is 0 Å². The molecule has 7 heteroatoms. The summed E-state index contributed by atoms with van der Waals surface area (Å²) in [7, 11) is 4.08. The number of pyridine rings is 2. The van der Waals surface area contributed by atoms with Crippen molar-refractivity contribution in [2.24, 2.45) is 7.05 Å². The molecule has 1 saturated heterocycles. The highest BCUT2D eigenvalue weighted by molar-refractivity contribution is 5.95. The number of piperazine rings is 1. The molecule has 0 radical (unpaired) electrons. The molecule has 5 rings (SSSR count). The van der Waals surface area contributed by atoms with Crippen molar-refractivity contribution in [1.82, 2.24) is 29.6 Å². The Labute approximate surface area is 163 Å². The van der Waals surface area contributed by atoms with Gasteiger partial charge in [0.05, 0.1) is 11.9 Å². The molecule has 0 amide bonds. The first-order valence-corrected chi connectivity index (χ1v) is 9.54. The lowest BCUT2D eigenvalue weighted by molar-refractivity contribution is 0.312. The molecule has 28 heavy (non-hydrogen) atoms. The van der Waals surface area contributed by atoms with Crippen molar-refractivity contribution in [2.45, 2.75) is 0 Å². The number of nitrogens with zero attached hydrogens (tertiary/aromatic N) is 6. The van der Waals surface area contributed by atoms with Gasteiger partial charge in [0.2, 0.25) is 0 Å². The van der Waals surface area contributed by atoms with E-state index in [1.807, 2.05) is 31.8 Å². The van der Waals surface area contributed by atoms with Gasteiger partial charge in [0.25, 0.3) is 0 Å². The van der Waals surface area contributed by atoms with E-state index in [9.17, 15) is 0 Å². The third-order valence-corrected chi connectivity index (χ3v) is 5.42. The highest BCUT2D eigenvalue weighted by Crippen LogP contribution is 2.31. The number of likely N-dealkylation sites (N-methyl/N-ethyl adjacent to an activating group) is 1. The average molecular weight is 373 g/mol. The molecule has 5 heterocycles. The number of hydrogen-bond donors (Lipinski definition) is 1. The molecule has 4 aromatic heterocycles. The topological polar surface area (TPSA) is 65.9 Å². The van der Waals surface area contributed by atoms with Gasteiger partial charge in [0, 0.05) is 68.3 Å². The summed E-state index contributed by atoms with van der Waals surface area (Å²) in [6.45, 7) is 4.16. The number of aromatic nitrogens is 5. The summed E-state index contributed by atoms with van der Waals surface area (Å²) in [4.78, 5) is 17.4. The molecule has 1 fully saturated rings. The minimum Gasteiger partial charge on any atom is -0.354 e. The Morgan fingerprint density at radius 3 is 2.64 bits per heavy atom. The largest absolute Gasteiger partial charge is 0.354 e. The summed E-state index contributed by atoms with van der Waals surface area (Å²) in [6.07, 6.45) is 7.75. The van der Waals surface area contributed by atoms with Crippen molar-refractivity contribution in [3.05, 3.63) is 49.1 Å². The standard InChI is InChI=1S/C21H23N7/c1-26-7-9-28(10-8-26)20-11-15(5-6-22-20)18-13-23-21-17(18)3-4-19(25-21)16-12-24-27(2)14-16/h3-6,11-14H,7-10H2,1-2H3,(H,23,25). The smallest absolute Gasteiger partial charge is 0.138 e. The molecule has 7 nitrogen and oxygen atoms in total. The van der Waals surface area contributed by atoms with E-state index in [1.165, 1.54) is 0 Å². The van der Waals surface area contributed by atoms with Crippen LogP contribution in [0.5, 0.6) is 0 Å². The van der Waals surface area contributed by atoms with Crippen LogP contribution in [-0.4, -0.2) is 62.9 Å². The quantitative estimate of drug-likeness (QED) is 0.598. The van der Waals surface area contributed by atoms with E-state index in [2.05, 4.69) is 56.2 Å². The van der Waals surface area contributed by atoms with Crippen LogP contribution in [0.2, 0.25) is 0 Å². The number of nitrogens with one attached hydrogen (secondary N) is 1. The Hall–Kier alpha value is -3.19. The normalized spacial score (nSPS) is 15.4. The fourth-order valence-corrected chi connectivity index (χ4v) is 3.75. The van der Waals surface area contributed by atoms with Crippen LogP contribution in [0.1, 0.15) is 0 Å². The van der Waals surface area contributed by atoms with Crippen molar-refractivity contribution in [3.8, 4) is 22.4 Å². The summed E-state index contributed by atoms with van der Waals surface area (Å²) in [5.41, 5.74) is 5.13. The number of fused-ring (bicyclic) bond motifs is 1. The number of rotatable bonds is 3. The molecule has 1 aliphatic rings. The average Bonchev–Trinajstić information content (AvgIpc) is 3.34. The van der Waals surface area contributed by atoms with E-state index in [1.54, 1.807) is 4.68 Å². The van der Waals surface area contributed by atoms with Gasteiger partial charge in [-0.25, -0.2) is 9.97 Å². The van der Waals surface area contributed by atoms with Crippen LogP contribution in [0, 0.1) is 0 Å². The van der Waals surface area contributed by atoms with Crippen LogP contribution < -0.4 is 4.90 Å². The van der Waals surface area contributed by atoms with E-state index in [-0.39, 0.29) is 0 Å². The highest BCUT2D eigenvalue weighted by Gasteiger charge is 2.16. The fraction of sp³-hybridized carbons (Fsp3) is 0.286. The van der Waals surface area contributed by atoms with Gasteiger partial charge >= 0.3 is 0 Å². The minimum atomic E-state index is 0.884. The lowest BCUT2D eigenvalue weighted by Crippen LogP contribution is -2.44. The van der Waals surface area contributed by atoms with Crippen LogP contribution in [0.15, 0.2) is 49.1 Å². The van der Waals surface area contributed by atoms with E-state index in [4.69, 9.17) is 4.98 Å². The van der Waals surface area contributed by atoms with Crippen LogP contribution in [0.3, 0.4) is 0 Å². The predicted octanol–water partition coefficient (Wildman–Crippen LogP) is 2.78. The SMILES string of the molecule is CN1CCN(c2cc(-c3c[nH]c4nc(-c5cnn(C)c5)ccc34)ccn2)CC1. The first kappa shape index (κ1) is 16.9. The molecule has 0 atom stereocenters. The molecule has 0 saturated carbocycles. The molecule has 1 N–H and O–H groups in total. The molecule has 0 bridgehead atoms. The highest BCUT2D eigenvalue weighted by atomic mass is 15.3. The van der Waals surface area contributed by atoms with E-state index in [0.29, 0.717) is 0 Å². The summed E-state index contributed by atoms with van der Waals surface area (Å²) in [6, 6.07) is 8.44. The van der Waals surface area contributed by atoms with E-state index < -0.39 is 0 Å². The Bertz CT molecular complexity index is 1120. The third kappa shape index (κ3) is 3.03. The van der Waals surface area contributed by atoms with Crippen molar-refractivity contribution in [3.63, 3.8) is 0 Å². The molecule has 0 aliphatic carbocycles. The molecular formula is C21H23N7. The maximum atomic E-state index is 4.79. The molecule has 0 unspecified atom stereocenters. The summed E-state index contributed by atoms with van der Waals surface area (Å²) < 4.78 is 1.79. The fourth-order valence-electron chi connectivity index (χ4n) is 3.75. The zero-order valence-corrected chi connectivity index (χ0v) is 16.1. The number of aryl methyl sites for hydroxylation is 1. The third-order valence-electron chi connectivity index (χ3n) is 5.42. The Kier molecular flexibility index (Phi) is 4.09. The summed E-state index contributed by atoms with van der Waals surface area (Å²) in [5, 5.41) is 5.35. The lowest BCUT2D eigenvalue weighted by atomic mass is 10.1. The van der Waals surface area contributed by atoms with Crippen molar-refractivity contribution in [1.29, 1.82) is 0 Å². The number of anilines is 1. The molecule has 1 aliphatic heterocycles. The second-order valence-corrected chi connectivity index (χ2v) is 7.39. The van der Waals surface area contributed by atoms with Crippen LogP contribution >= 0.6 is 0 Å². The maximum Gasteiger partial charge on any atom is 0.138 e. The second kappa shape index (κ2) is 6.76. The Balaban J connectivity index is 1.49. The van der Waals surface area contributed by atoms with Crippen LogP contribution in [0.25, 0.3) is 33.4 Å². The monoisotopic (exact) mass is 373 g/mol. The summed E-state index contributed by atoms with van der Waals surface area (Å²) >= 11 is 0. The van der Waals surface area contributed by atoms with Gasteiger partial charge in [-0.2, -0.15) is 5.10 Å². The van der Waals surface area contributed by atoms with Crippen molar-refractivity contribution >= 4 is 16.9 Å². The predicted molar refractivity (Wildman–Crippen MR) is 111 cm³/mol. The zero-order chi connectivity index (χ0) is 19.1. The van der Waals surface area contributed by atoms with E-state index in [0.717, 1.165) is 65.4 Å². The van der Waals surface area contributed by atoms with Crippen LogP contribution in [-0.2, 0) is 7.05 Å². The zero-order valence-electron chi connectivity index (χ0n) is 16.1. The Morgan fingerprint density at radius 1 is 1.00 bits per heavy atom. The van der Waals surface area contributed by atoms with Gasteiger partial charge in [0.15, 0.2) is 0 Å². The lowest BCUT2D eigenvalue weighted by Gasteiger charge is -2.33. The molecule has 142 valence electrons. The van der Waals surface area contributed by atoms with Gasteiger partial charge in [0.1, 0.15) is 11.5 Å². The maximum absolute atomic E-state index is 4.79. The molecule has 4 aromatic rings. The van der Waals surface area contributed by atoms with Gasteiger partial charge in [-0.15, -0.1) is 0 Å². The van der Waals surface area contributed by atoms with Gasteiger partial charge in [-0.1, -0.05) is 0 Å². The van der Waals surface area contributed by atoms with Gasteiger partial charge < -0.3 is 14.8 Å². The van der Waals surface area contributed by atoms with Crippen molar-refractivity contribution in [2.75, 3.05) is 38.1 Å². The minimum absolute atomic E-state index is 0.884. The van der Waals surface area contributed by atoms with Gasteiger partial charge in [-0.3, -0.25) is 4.68 Å². The summed E-state index contributed by atoms with van der Waals surface area (Å²) in [5.74, 6) is 1.04. The van der Waals surface area contributed by atoms with Gasteiger partial charge in [-0.05, 0) is 36.9 Å². The molecule has 0 aromatic carbocycles. The molecular weight excluding hydrogens is 350 g/mol. The number of hydrogen-bond acceptors (Lipinski definition) is 5. The first-order chi connectivity index (χ1) is 13.7. The molecule has 0 spiro atoms. The van der Waals surface area contributed by atoms with Crippen LogP contribution in [0.4, 0.5) is 5.82 Å². The van der Waals surface area contributed by atoms with E-state index >= 15 is 0 Å². The second-order valence-electron chi connectivity index (χ2n) is 7.39. The number of H-pyrrole nitrogens is 1. The number of aromatic amines is 1. The Morgan fingerprint density at radius 2 is 1.86 bits per heavy atom.